The van der Waals surface area contributed by atoms with Crippen molar-refractivity contribution in [1.82, 2.24) is 0 Å². The standard InChI is InChI=1S/C15H10BrIN2O/c16-9-3-6-12-11(7-9)13(15(20)19-12)14(18)8-1-4-10(17)5-2-8/h1-7H,18H2,(H,19,20)/b14-13-. The van der Waals surface area contributed by atoms with Crippen LogP contribution in [0.15, 0.2) is 46.9 Å². The normalized spacial score (nSPS) is 15.8. The van der Waals surface area contributed by atoms with Gasteiger partial charge in [-0.3, -0.25) is 4.79 Å². The minimum absolute atomic E-state index is 0.158. The highest BCUT2D eigenvalue weighted by atomic mass is 127. The molecule has 0 aromatic heterocycles. The molecule has 1 aliphatic heterocycles. The van der Waals surface area contributed by atoms with E-state index in [0.717, 1.165) is 24.9 Å². The molecular weight excluding hydrogens is 431 g/mol. The van der Waals surface area contributed by atoms with Crippen LogP contribution in [-0.2, 0) is 4.79 Å². The quantitative estimate of drug-likeness (QED) is 0.523. The Bertz CT molecular complexity index is 738. The average Bonchev–Trinajstić information content (AvgIpc) is 2.74. The molecule has 0 unspecified atom stereocenters. The van der Waals surface area contributed by atoms with Crippen molar-refractivity contribution in [2.24, 2.45) is 5.73 Å². The molecule has 1 aliphatic rings. The molecule has 3 rings (SSSR count). The molecule has 0 radical (unpaired) electrons. The Balaban J connectivity index is 2.18. The molecular formula is C15H10BrIN2O. The smallest absolute Gasteiger partial charge is 0.258 e. The van der Waals surface area contributed by atoms with Crippen LogP contribution in [0.5, 0.6) is 0 Å². The Morgan fingerprint density at radius 1 is 1.15 bits per heavy atom. The van der Waals surface area contributed by atoms with Gasteiger partial charge in [-0.2, -0.15) is 0 Å². The van der Waals surface area contributed by atoms with Gasteiger partial charge in [-0.25, -0.2) is 0 Å². The predicted molar refractivity (Wildman–Crippen MR) is 92.9 cm³/mol. The topological polar surface area (TPSA) is 55.1 Å². The van der Waals surface area contributed by atoms with E-state index in [4.69, 9.17) is 5.73 Å². The Morgan fingerprint density at radius 3 is 2.55 bits per heavy atom. The lowest BCUT2D eigenvalue weighted by Gasteiger charge is -2.06. The van der Waals surface area contributed by atoms with Gasteiger partial charge in [0.2, 0.25) is 0 Å². The molecule has 20 heavy (non-hydrogen) atoms. The van der Waals surface area contributed by atoms with Gasteiger partial charge in [-0.15, -0.1) is 0 Å². The van der Waals surface area contributed by atoms with E-state index in [1.165, 1.54) is 0 Å². The Hall–Kier alpha value is -1.34. The Labute approximate surface area is 138 Å². The van der Waals surface area contributed by atoms with E-state index < -0.39 is 0 Å². The van der Waals surface area contributed by atoms with Crippen molar-refractivity contribution in [2.75, 3.05) is 5.32 Å². The lowest BCUT2D eigenvalue weighted by molar-refractivity contribution is -0.110. The molecule has 1 heterocycles. The highest BCUT2D eigenvalue weighted by Gasteiger charge is 2.27. The largest absolute Gasteiger partial charge is 0.398 e. The fourth-order valence-corrected chi connectivity index (χ4v) is 2.90. The SMILES string of the molecule is N/C(=C1\C(=O)Nc2ccc(Br)cc21)c1ccc(I)cc1. The van der Waals surface area contributed by atoms with Gasteiger partial charge in [0.25, 0.3) is 5.91 Å². The number of nitrogens with two attached hydrogens (primary N) is 1. The fraction of sp³-hybridized carbons (Fsp3) is 0. The summed E-state index contributed by atoms with van der Waals surface area (Å²) in [5.74, 6) is -0.158. The van der Waals surface area contributed by atoms with E-state index in [1.807, 2.05) is 42.5 Å². The summed E-state index contributed by atoms with van der Waals surface area (Å²) in [7, 11) is 0. The number of hydrogen-bond donors (Lipinski definition) is 2. The first kappa shape index (κ1) is 13.6. The number of fused-ring (bicyclic) bond motifs is 1. The Morgan fingerprint density at radius 2 is 1.85 bits per heavy atom. The maximum Gasteiger partial charge on any atom is 0.258 e. The number of benzene rings is 2. The van der Waals surface area contributed by atoms with Crippen molar-refractivity contribution in [3.63, 3.8) is 0 Å². The summed E-state index contributed by atoms with van der Waals surface area (Å²) in [5, 5.41) is 2.84. The van der Waals surface area contributed by atoms with E-state index in [0.29, 0.717) is 11.3 Å². The van der Waals surface area contributed by atoms with Gasteiger partial charge in [0.05, 0.1) is 11.3 Å². The minimum Gasteiger partial charge on any atom is -0.398 e. The van der Waals surface area contributed by atoms with Crippen molar-refractivity contribution in [1.29, 1.82) is 0 Å². The van der Waals surface area contributed by atoms with Gasteiger partial charge in [0.1, 0.15) is 0 Å². The summed E-state index contributed by atoms with van der Waals surface area (Å²) in [5.41, 5.74) is 9.71. The first-order valence-electron chi connectivity index (χ1n) is 5.93. The van der Waals surface area contributed by atoms with Crippen molar-refractivity contribution in [2.45, 2.75) is 0 Å². The molecule has 3 nitrogen and oxygen atoms in total. The summed E-state index contributed by atoms with van der Waals surface area (Å²) in [6.45, 7) is 0. The first-order valence-corrected chi connectivity index (χ1v) is 7.80. The monoisotopic (exact) mass is 440 g/mol. The number of hydrogen-bond acceptors (Lipinski definition) is 2. The van der Waals surface area contributed by atoms with E-state index in [2.05, 4.69) is 43.8 Å². The van der Waals surface area contributed by atoms with Gasteiger partial charge < -0.3 is 11.1 Å². The van der Waals surface area contributed by atoms with Crippen molar-refractivity contribution < 1.29 is 4.79 Å². The molecule has 0 fully saturated rings. The third-order valence-electron chi connectivity index (χ3n) is 3.15. The van der Waals surface area contributed by atoms with Crippen LogP contribution in [0.1, 0.15) is 11.1 Å². The number of nitrogens with one attached hydrogen (secondary N) is 1. The molecule has 5 heteroatoms. The molecule has 3 N–H and O–H groups in total. The fourth-order valence-electron chi connectivity index (χ4n) is 2.18. The third-order valence-corrected chi connectivity index (χ3v) is 4.36. The molecule has 100 valence electrons. The zero-order chi connectivity index (χ0) is 14.3. The Kier molecular flexibility index (Phi) is 3.55. The second-order valence-electron chi connectivity index (χ2n) is 4.44. The van der Waals surface area contributed by atoms with Crippen LogP contribution in [0, 0.1) is 3.57 Å². The highest BCUT2D eigenvalue weighted by Crippen LogP contribution is 2.36. The number of carbonyl (C=O) groups is 1. The van der Waals surface area contributed by atoms with Crippen LogP contribution in [-0.4, -0.2) is 5.91 Å². The van der Waals surface area contributed by atoms with Crippen LogP contribution in [0.2, 0.25) is 0 Å². The second kappa shape index (κ2) is 5.21. The second-order valence-corrected chi connectivity index (χ2v) is 6.60. The summed E-state index contributed by atoms with van der Waals surface area (Å²) in [6.07, 6.45) is 0. The third kappa shape index (κ3) is 2.35. The van der Waals surface area contributed by atoms with Crippen LogP contribution < -0.4 is 11.1 Å². The van der Waals surface area contributed by atoms with Crippen molar-refractivity contribution in [3.05, 3.63) is 61.6 Å². The molecule has 2 aromatic carbocycles. The van der Waals surface area contributed by atoms with E-state index >= 15 is 0 Å². The molecule has 1 amide bonds. The van der Waals surface area contributed by atoms with Gasteiger partial charge in [-0.05, 0) is 58.5 Å². The zero-order valence-electron chi connectivity index (χ0n) is 10.3. The highest BCUT2D eigenvalue weighted by molar-refractivity contribution is 14.1. The molecule has 0 saturated heterocycles. The van der Waals surface area contributed by atoms with Gasteiger partial charge >= 0.3 is 0 Å². The van der Waals surface area contributed by atoms with Crippen LogP contribution in [0.25, 0.3) is 11.3 Å². The van der Waals surface area contributed by atoms with Crippen LogP contribution >= 0.6 is 38.5 Å². The number of halogens is 2. The predicted octanol–water partition coefficient (Wildman–Crippen LogP) is 3.83. The molecule has 2 aromatic rings. The van der Waals surface area contributed by atoms with Crippen LogP contribution in [0.4, 0.5) is 5.69 Å². The number of carbonyl (C=O) groups excluding carboxylic acids is 1. The zero-order valence-corrected chi connectivity index (χ0v) is 14.0. The molecule has 0 aliphatic carbocycles. The summed E-state index contributed by atoms with van der Waals surface area (Å²) in [4.78, 5) is 12.2. The number of rotatable bonds is 1. The summed E-state index contributed by atoms with van der Waals surface area (Å²) in [6, 6.07) is 13.5. The van der Waals surface area contributed by atoms with Crippen molar-refractivity contribution >= 4 is 61.4 Å². The van der Waals surface area contributed by atoms with E-state index in [1.54, 1.807) is 0 Å². The molecule has 0 bridgehead atoms. The summed E-state index contributed by atoms with van der Waals surface area (Å²) < 4.78 is 2.05. The van der Waals surface area contributed by atoms with Gasteiger partial charge in [0.15, 0.2) is 0 Å². The number of amides is 1. The first-order chi connectivity index (χ1) is 9.56. The lowest BCUT2D eigenvalue weighted by Crippen LogP contribution is -2.09. The molecule has 0 spiro atoms. The molecule has 0 atom stereocenters. The minimum atomic E-state index is -0.158. The van der Waals surface area contributed by atoms with E-state index in [-0.39, 0.29) is 5.91 Å². The van der Waals surface area contributed by atoms with E-state index in [9.17, 15) is 4.79 Å². The summed E-state index contributed by atoms with van der Waals surface area (Å²) >= 11 is 5.66. The maximum absolute atomic E-state index is 12.2. The van der Waals surface area contributed by atoms with Crippen LogP contribution in [0.3, 0.4) is 0 Å². The molecule has 0 saturated carbocycles. The van der Waals surface area contributed by atoms with Gasteiger partial charge in [-0.1, -0.05) is 28.1 Å². The van der Waals surface area contributed by atoms with Gasteiger partial charge in [0, 0.05) is 19.3 Å². The van der Waals surface area contributed by atoms with Crippen molar-refractivity contribution in [3.8, 4) is 0 Å². The maximum atomic E-state index is 12.2. The number of anilines is 1. The average molecular weight is 441 g/mol. The lowest BCUT2D eigenvalue weighted by atomic mass is 10.0.